The van der Waals surface area contributed by atoms with Crippen LogP contribution in [0.25, 0.3) is 5.57 Å². The van der Waals surface area contributed by atoms with Gasteiger partial charge in [-0.15, -0.1) is 0 Å². The lowest BCUT2D eigenvalue weighted by Gasteiger charge is -2.11. The number of anilines is 2. The van der Waals surface area contributed by atoms with E-state index in [9.17, 15) is 22.8 Å². The largest absolute Gasteiger partial charge is 0.416 e. The number of benzene rings is 2. The van der Waals surface area contributed by atoms with E-state index in [1.54, 1.807) is 25.1 Å². The van der Waals surface area contributed by atoms with Crippen LogP contribution in [0.4, 0.5) is 24.5 Å². The Bertz CT molecular complexity index is 891. The zero-order valence-electron chi connectivity index (χ0n) is 14.4. The molecule has 0 atom stereocenters. The van der Waals surface area contributed by atoms with Crippen molar-refractivity contribution >= 4 is 44.7 Å². The fourth-order valence-electron chi connectivity index (χ4n) is 2.29. The first kappa shape index (κ1) is 20.7. The number of halogens is 4. The number of nitrogens with one attached hydrogen (secondary N) is 2. The molecule has 2 N–H and O–H groups in total. The molecule has 8 heteroatoms. The van der Waals surface area contributed by atoms with Crippen molar-refractivity contribution in [3.8, 4) is 0 Å². The summed E-state index contributed by atoms with van der Waals surface area (Å²) in [6.45, 7) is 2.97. The van der Waals surface area contributed by atoms with Gasteiger partial charge < -0.3 is 10.6 Å². The monoisotopic (exact) mass is 440 g/mol. The minimum atomic E-state index is -4.41. The molecule has 2 aromatic rings. The Morgan fingerprint density at radius 3 is 2.15 bits per heavy atom. The number of hydrogen-bond donors (Lipinski definition) is 2. The highest BCUT2D eigenvalue weighted by Gasteiger charge is 2.29. The van der Waals surface area contributed by atoms with E-state index in [1.807, 2.05) is 0 Å². The van der Waals surface area contributed by atoms with Gasteiger partial charge in [0.05, 0.1) is 16.9 Å². The molecule has 0 aliphatic heterocycles. The smallest absolute Gasteiger partial charge is 0.325 e. The Labute approximate surface area is 162 Å². The molecule has 0 saturated heterocycles. The quantitative estimate of drug-likeness (QED) is 0.619. The van der Waals surface area contributed by atoms with Gasteiger partial charge in [-0.05, 0) is 48.4 Å². The number of carbonyl (C=O) groups is 2. The van der Waals surface area contributed by atoms with E-state index in [0.29, 0.717) is 27.0 Å². The number of amides is 2. The maximum atomic E-state index is 12.6. The van der Waals surface area contributed by atoms with Crippen molar-refractivity contribution in [3.63, 3.8) is 0 Å². The lowest BCUT2D eigenvalue weighted by Crippen LogP contribution is -2.13. The fraction of sp³-hybridized carbons (Fsp3) is 0.158. The van der Waals surface area contributed by atoms with Gasteiger partial charge >= 0.3 is 6.18 Å². The van der Waals surface area contributed by atoms with E-state index in [2.05, 4.69) is 26.6 Å². The van der Waals surface area contributed by atoms with E-state index >= 15 is 0 Å². The summed E-state index contributed by atoms with van der Waals surface area (Å²) in [5.41, 5.74) is 1.06. The lowest BCUT2D eigenvalue weighted by atomic mass is 10.0. The molecule has 0 unspecified atom stereocenters. The van der Waals surface area contributed by atoms with Crippen molar-refractivity contribution in [2.45, 2.75) is 20.0 Å². The van der Waals surface area contributed by atoms with Gasteiger partial charge in [0.1, 0.15) is 0 Å². The van der Waals surface area contributed by atoms with E-state index in [4.69, 9.17) is 0 Å². The van der Waals surface area contributed by atoms with Gasteiger partial charge in [0.15, 0.2) is 0 Å². The molecule has 0 aromatic heterocycles. The number of hydrogen-bond acceptors (Lipinski definition) is 2. The standard InChI is InChI=1S/C19H16BrF3N2O2/c1-11(13-3-5-14(6-4-13)19(21,22)23)9-18(27)25-17-10-15(20)7-8-16(17)24-12(2)26/h3-10H,1-2H3,(H,24,26)(H,25,27)/b11-9-. The molecule has 0 aliphatic carbocycles. The molecular weight excluding hydrogens is 425 g/mol. The Balaban J connectivity index is 2.19. The predicted octanol–water partition coefficient (Wildman–Crippen LogP) is 5.47. The summed E-state index contributed by atoms with van der Waals surface area (Å²) < 4.78 is 38.6. The maximum Gasteiger partial charge on any atom is 0.416 e. The van der Waals surface area contributed by atoms with Gasteiger partial charge in [-0.2, -0.15) is 13.2 Å². The predicted molar refractivity (Wildman–Crippen MR) is 102 cm³/mol. The highest BCUT2D eigenvalue weighted by atomic mass is 79.9. The first-order chi connectivity index (χ1) is 12.6. The van der Waals surface area contributed by atoms with Gasteiger partial charge in [-0.25, -0.2) is 0 Å². The van der Waals surface area contributed by atoms with Crippen LogP contribution in [-0.4, -0.2) is 11.8 Å². The molecule has 142 valence electrons. The molecule has 0 saturated carbocycles. The highest BCUT2D eigenvalue weighted by molar-refractivity contribution is 9.10. The van der Waals surface area contributed by atoms with Crippen molar-refractivity contribution in [3.05, 3.63) is 64.1 Å². The molecule has 0 aliphatic rings. The van der Waals surface area contributed by atoms with Crippen LogP contribution in [0.3, 0.4) is 0 Å². The van der Waals surface area contributed by atoms with E-state index in [-0.39, 0.29) is 5.91 Å². The van der Waals surface area contributed by atoms with Gasteiger partial charge in [0, 0.05) is 17.5 Å². The second kappa shape index (κ2) is 8.39. The zero-order valence-corrected chi connectivity index (χ0v) is 16.0. The van der Waals surface area contributed by atoms with Gasteiger partial charge in [-0.3, -0.25) is 9.59 Å². The molecule has 2 rings (SSSR count). The summed E-state index contributed by atoms with van der Waals surface area (Å²) in [6.07, 6.45) is -3.13. The molecule has 4 nitrogen and oxygen atoms in total. The molecular formula is C19H16BrF3N2O2. The summed E-state index contributed by atoms with van der Waals surface area (Å²) in [4.78, 5) is 23.5. The Morgan fingerprint density at radius 1 is 0.963 bits per heavy atom. The van der Waals surface area contributed by atoms with Crippen LogP contribution < -0.4 is 10.6 Å². The molecule has 0 spiro atoms. The van der Waals surface area contributed by atoms with Crippen LogP contribution in [0, 0.1) is 0 Å². The third-order valence-corrected chi connectivity index (χ3v) is 4.06. The molecule has 0 heterocycles. The van der Waals surface area contributed by atoms with Crippen molar-refractivity contribution in [1.82, 2.24) is 0 Å². The van der Waals surface area contributed by atoms with Crippen molar-refractivity contribution in [2.75, 3.05) is 10.6 Å². The lowest BCUT2D eigenvalue weighted by molar-refractivity contribution is -0.137. The second-order valence-corrected chi connectivity index (χ2v) is 6.68. The Hall–Kier alpha value is -2.61. The number of alkyl halides is 3. The van der Waals surface area contributed by atoms with E-state index in [1.165, 1.54) is 25.1 Å². The van der Waals surface area contributed by atoms with Gasteiger partial charge in [-0.1, -0.05) is 28.1 Å². The number of allylic oxidation sites excluding steroid dienone is 1. The summed E-state index contributed by atoms with van der Waals surface area (Å²) in [6, 6.07) is 9.53. The first-order valence-electron chi connectivity index (χ1n) is 7.80. The normalized spacial score (nSPS) is 11.9. The number of rotatable bonds is 4. The van der Waals surface area contributed by atoms with Crippen LogP contribution in [0.15, 0.2) is 53.0 Å². The minimum Gasteiger partial charge on any atom is -0.325 e. The topological polar surface area (TPSA) is 58.2 Å². The van der Waals surface area contributed by atoms with Crippen LogP contribution in [0.1, 0.15) is 25.0 Å². The first-order valence-corrected chi connectivity index (χ1v) is 8.59. The van der Waals surface area contributed by atoms with Crippen molar-refractivity contribution in [1.29, 1.82) is 0 Å². The molecule has 0 radical (unpaired) electrons. The van der Waals surface area contributed by atoms with Crippen LogP contribution in [-0.2, 0) is 15.8 Å². The minimum absolute atomic E-state index is 0.288. The molecule has 27 heavy (non-hydrogen) atoms. The van der Waals surface area contributed by atoms with Gasteiger partial charge in [0.25, 0.3) is 0 Å². The Morgan fingerprint density at radius 2 is 1.59 bits per heavy atom. The average Bonchev–Trinajstić information content (AvgIpc) is 2.56. The molecule has 2 amide bonds. The molecule has 0 bridgehead atoms. The average molecular weight is 441 g/mol. The van der Waals surface area contributed by atoms with Gasteiger partial charge in [0.2, 0.25) is 11.8 Å². The summed E-state index contributed by atoms with van der Waals surface area (Å²) in [5.74, 6) is -0.763. The van der Waals surface area contributed by atoms with E-state index in [0.717, 1.165) is 12.1 Å². The highest BCUT2D eigenvalue weighted by Crippen LogP contribution is 2.30. The summed E-state index contributed by atoms with van der Waals surface area (Å²) in [7, 11) is 0. The zero-order chi connectivity index (χ0) is 20.2. The van der Waals surface area contributed by atoms with Crippen LogP contribution in [0.5, 0.6) is 0 Å². The van der Waals surface area contributed by atoms with Crippen LogP contribution >= 0.6 is 15.9 Å². The number of carbonyl (C=O) groups excluding carboxylic acids is 2. The summed E-state index contributed by atoms with van der Waals surface area (Å²) >= 11 is 3.29. The fourth-order valence-corrected chi connectivity index (χ4v) is 2.65. The Kier molecular flexibility index (Phi) is 6.43. The van der Waals surface area contributed by atoms with Crippen molar-refractivity contribution in [2.24, 2.45) is 0 Å². The second-order valence-electron chi connectivity index (χ2n) is 5.76. The molecule has 2 aromatic carbocycles. The maximum absolute atomic E-state index is 12.6. The van der Waals surface area contributed by atoms with Crippen LogP contribution in [0.2, 0.25) is 0 Å². The van der Waals surface area contributed by atoms with E-state index < -0.39 is 17.6 Å². The summed E-state index contributed by atoms with van der Waals surface area (Å²) in [5, 5.41) is 5.26. The molecule has 0 fully saturated rings. The SMILES string of the molecule is CC(=O)Nc1ccc(Br)cc1NC(=O)/C=C(/C)c1ccc(C(F)(F)F)cc1. The third kappa shape index (κ3) is 5.96. The third-order valence-electron chi connectivity index (χ3n) is 3.57. The van der Waals surface area contributed by atoms with Crippen molar-refractivity contribution < 1.29 is 22.8 Å².